The first-order valence-corrected chi connectivity index (χ1v) is 7.21. The second-order valence-corrected chi connectivity index (χ2v) is 5.27. The average Bonchev–Trinajstić information content (AvgIpc) is 2.86. The minimum Gasteiger partial charge on any atom is -0.368 e. The first kappa shape index (κ1) is 13.8. The van der Waals surface area contributed by atoms with Crippen molar-refractivity contribution in [1.29, 1.82) is 0 Å². The van der Waals surface area contributed by atoms with Crippen molar-refractivity contribution in [2.24, 2.45) is 0 Å². The predicted molar refractivity (Wildman–Crippen MR) is 78.5 cm³/mol. The number of hydrogen-bond acceptors (Lipinski definition) is 4. The Kier molecular flexibility index (Phi) is 3.74. The van der Waals surface area contributed by atoms with Gasteiger partial charge >= 0.3 is 0 Å². The molecule has 21 heavy (non-hydrogen) atoms. The van der Waals surface area contributed by atoms with Crippen molar-refractivity contribution < 1.29 is 8.78 Å². The van der Waals surface area contributed by atoms with Crippen LogP contribution in [-0.2, 0) is 0 Å². The van der Waals surface area contributed by atoms with Gasteiger partial charge in [-0.15, -0.1) is 0 Å². The van der Waals surface area contributed by atoms with Gasteiger partial charge in [-0.1, -0.05) is 12.1 Å². The number of para-hydroxylation sites is 2. The van der Waals surface area contributed by atoms with Crippen LogP contribution in [0.2, 0.25) is 0 Å². The summed E-state index contributed by atoms with van der Waals surface area (Å²) in [5.74, 6) is -1.37. The monoisotopic (exact) mass is 306 g/mol. The standard InChI is InChI=1S/C14H12F2N4S/c1-2-17-12-8(15)7-9(16)13(20-12)21-14-18-10-5-3-4-6-11(10)19-14/h3-7H,2H2,1H3,(H,17,20)(H,18,19). The van der Waals surface area contributed by atoms with Gasteiger partial charge in [0, 0.05) is 12.6 Å². The lowest BCUT2D eigenvalue weighted by Gasteiger charge is -2.06. The Morgan fingerprint density at radius 2 is 2.00 bits per heavy atom. The first-order valence-electron chi connectivity index (χ1n) is 6.40. The number of pyridine rings is 1. The maximum Gasteiger partial charge on any atom is 0.172 e. The zero-order chi connectivity index (χ0) is 14.8. The summed E-state index contributed by atoms with van der Waals surface area (Å²) in [6.45, 7) is 2.32. The van der Waals surface area contributed by atoms with Gasteiger partial charge < -0.3 is 10.3 Å². The number of halogens is 2. The molecule has 2 N–H and O–H groups in total. The molecule has 3 aromatic rings. The van der Waals surface area contributed by atoms with Crippen LogP contribution >= 0.6 is 11.8 Å². The van der Waals surface area contributed by atoms with Gasteiger partial charge in [0.15, 0.2) is 22.6 Å². The molecule has 0 aliphatic heterocycles. The first-order chi connectivity index (χ1) is 10.2. The van der Waals surface area contributed by atoms with E-state index < -0.39 is 11.6 Å². The zero-order valence-corrected chi connectivity index (χ0v) is 12.0. The van der Waals surface area contributed by atoms with Crippen LogP contribution < -0.4 is 5.32 Å². The van der Waals surface area contributed by atoms with E-state index in [2.05, 4.69) is 20.3 Å². The van der Waals surface area contributed by atoms with E-state index in [1.807, 2.05) is 31.2 Å². The molecule has 2 heterocycles. The molecule has 3 rings (SSSR count). The van der Waals surface area contributed by atoms with Crippen molar-refractivity contribution in [2.75, 3.05) is 11.9 Å². The molecular formula is C14H12F2N4S. The number of fused-ring (bicyclic) bond motifs is 1. The Bertz CT molecular complexity index is 755. The number of imidazole rings is 1. The average molecular weight is 306 g/mol. The van der Waals surface area contributed by atoms with Crippen molar-refractivity contribution in [2.45, 2.75) is 17.1 Å². The SMILES string of the molecule is CCNc1nc(Sc2nc3ccccc3[nH]2)c(F)cc1F. The molecule has 0 unspecified atom stereocenters. The van der Waals surface area contributed by atoms with Gasteiger partial charge in [0.1, 0.15) is 5.03 Å². The molecule has 0 spiro atoms. The van der Waals surface area contributed by atoms with Crippen molar-refractivity contribution in [1.82, 2.24) is 15.0 Å². The summed E-state index contributed by atoms with van der Waals surface area (Å²) in [5.41, 5.74) is 1.64. The quantitative estimate of drug-likeness (QED) is 0.769. The summed E-state index contributed by atoms with van der Waals surface area (Å²) in [6.07, 6.45) is 0. The summed E-state index contributed by atoms with van der Waals surface area (Å²) in [4.78, 5) is 11.4. The number of aromatic amines is 1. The fourth-order valence-electron chi connectivity index (χ4n) is 1.88. The largest absolute Gasteiger partial charge is 0.368 e. The maximum atomic E-state index is 13.8. The van der Waals surface area contributed by atoms with Crippen LogP contribution in [0.5, 0.6) is 0 Å². The lowest BCUT2D eigenvalue weighted by Crippen LogP contribution is -2.04. The molecule has 0 fully saturated rings. The normalized spacial score (nSPS) is 11.0. The summed E-state index contributed by atoms with van der Waals surface area (Å²) in [6, 6.07) is 8.32. The van der Waals surface area contributed by atoms with E-state index in [0.717, 1.165) is 28.9 Å². The van der Waals surface area contributed by atoms with Crippen molar-refractivity contribution >= 4 is 28.6 Å². The molecule has 0 aliphatic carbocycles. The summed E-state index contributed by atoms with van der Waals surface area (Å²) in [5, 5.41) is 3.35. The highest BCUT2D eigenvalue weighted by atomic mass is 32.2. The Morgan fingerprint density at radius 3 is 2.76 bits per heavy atom. The second-order valence-electron chi connectivity index (χ2n) is 4.30. The predicted octanol–water partition coefficient (Wildman–Crippen LogP) is 3.82. The van der Waals surface area contributed by atoms with Crippen LogP contribution in [0, 0.1) is 11.6 Å². The van der Waals surface area contributed by atoms with Crippen molar-refractivity contribution in [3.8, 4) is 0 Å². The molecule has 0 aliphatic rings. The van der Waals surface area contributed by atoms with Crippen LogP contribution in [0.1, 0.15) is 6.92 Å². The van der Waals surface area contributed by atoms with Crippen molar-refractivity contribution in [3.05, 3.63) is 42.0 Å². The van der Waals surface area contributed by atoms with Gasteiger partial charge in [-0.05, 0) is 30.8 Å². The minimum absolute atomic E-state index is 0.0394. The van der Waals surface area contributed by atoms with E-state index in [1.54, 1.807) is 0 Å². The lowest BCUT2D eigenvalue weighted by molar-refractivity contribution is 0.551. The highest BCUT2D eigenvalue weighted by Crippen LogP contribution is 2.29. The molecule has 0 bridgehead atoms. The zero-order valence-electron chi connectivity index (χ0n) is 11.2. The molecule has 108 valence electrons. The van der Waals surface area contributed by atoms with Crippen LogP contribution in [0.3, 0.4) is 0 Å². The number of hydrogen-bond donors (Lipinski definition) is 2. The number of rotatable bonds is 4. The number of aromatic nitrogens is 3. The Labute approximate surface area is 124 Å². The molecular weight excluding hydrogens is 294 g/mol. The van der Waals surface area contributed by atoms with E-state index in [1.165, 1.54) is 0 Å². The molecule has 0 atom stereocenters. The van der Waals surface area contributed by atoms with Crippen molar-refractivity contribution in [3.63, 3.8) is 0 Å². The van der Waals surface area contributed by atoms with Gasteiger partial charge in [-0.2, -0.15) is 0 Å². The van der Waals surface area contributed by atoms with Crippen LogP contribution in [0.15, 0.2) is 40.5 Å². The number of benzene rings is 1. The van der Waals surface area contributed by atoms with E-state index in [4.69, 9.17) is 0 Å². The van der Waals surface area contributed by atoms with Gasteiger partial charge in [0.25, 0.3) is 0 Å². The second kappa shape index (κ2) is 5.69. The van der Waals surface area contributed by atoms with E-state index in [-0.39, 0.29) is 10.8 Å². The maximum absolute atomic E-state index is 13.8. The number of H-pyrrole nitrogens is 1. The van der Waals surface area contributed by atoms with Gasteiger partial charge in [0.05, 0.1) is 11.0 Å². The van der Waals surface area contributed by atoms with E-state index in [9.17, 15) is 8.78 Å². The van der Waals surface area contributed by atoms with Gasteiger partial charge in [-0.3, -0.25) is 0 Å². The van der Waals surface area contributed by atoms with Crippen LogP contribution in [-0.4, -0.2) is 21.5 Å². The third-order valence-corrected chi connectivity index (χ3v) is 3.67. The third kappa shape index (κ3) is 2.82. The lowest BCUT2D eigenvalue weighted by atomic mass is 10.3. The topological polar surface area (TPSA) is 53.6 Å². The summed E-state index contributed by atoms with van der Waals surface area (Å²) >= 11 is 1.03. The number of nitrogens with zero attached hydrogens (tertiary/aromatic N) is 2. The van der Waals surface area contributed by atoms with Crippen LogP contribution in [0.25, 0.3) is 11.0 Å². The van der Waals surface area contributed by atoms with Gasteiger partial charge in [-0.25, -0.2) is 18.7 Å². The molecule has 0 radical (unpaired) electrons. The molecule has 0 saturated heterocycles. The highest BCUT2D eigenvalue weighted by molar-refractivity contribution is 7.99. The fraction of sp³-hybridized carbons (Fsp3) is 0.143. The highest BCUT2D eigenvalue weighted by Gasteiger charge is 2.14. The van der Waals surface area contributed by atoms with E-state index >= 15 is 0 Å². The molecule has 7 heteroatoms. The number of anilines is 1. The summed E-state index contributed by atoms with van der Waals surface area (Å²) in [7, 11) is 0. The summed E-state index contributed by atoms with van der Waals surface area (Å²) < 4.78 is 27.3. The Morgan fingerprint density at radius 1 is 1.19 bits per heavy atom. The minimum atomic E-state index is -0.709. The molecule has 0 amide bonds. The Balaban J connectivity index is 1.94. The molecule has 2 aromatic heterocycles. The number of nitrogens with one attached hydrogen (secondary N) is 2. The van der Waals surface area contributed by atoms with Gasteiger partial charge in [0.2, 0.25) is 0 Å². The molecule has 0 saturated carbocycles. The van der Waals surface area contributed by atoms with Crippen LogP contribution in [0.4, 0.5) is 14.6 Å². The fourth-order valence-corrected chi connectivity index (χ4v) is 2.66. The molecule has 4 nitrogen and oxygen atoms in total. The third-order valence-electron chi connectivity index (χ3n) is 2.80. The Hall–Kier alpha value is -2.15. The smallest absolute Gasteiger partial charge is 0.172 e. The van der Waals surface area contributed by atoms with E-state index in [0.29, 0.717) is 11.7 Å². The molecule has 1 aromatic carbocycles.